The van der Waals surface area contributed by atoms with Crippen LogP contribution in [0.2, 0.25) is 0 Å². The maximum Gasteiger partial charge on any atom is 0.313 e. The molecular weight excluding hydrogens is 340 g/mol. The summed E-state index contributed by atoms with van der Waals surface area (Å²) >= 11 is 0. The summed E-state index contributed by atoms with van der Waals surface area (Å²) in [6.45, 7) is 1.72. The average Bonchev–Trinajstić information content (AvgIpc) is 3.07. The quantitative estimate of drug-likeness (QED) is 0.640. The number of Topliss-reactive ketones (excluding diaryl/α,β-unsaturated/α-hetero) is 1. The number of fused-ring (bicyclic) bond motifs is 1. The third-order valence-corrected chi connectivity index (χ3v) is 8.40. The van der Waals surface area contributed by atoms with Crippen molar-refractivity contribution in [3.63, 3.8) is 0 Å². The molecule has 2 N–H and O–H groups in total. The number of aliphatic hydroxyl groups excluding tert-OH is 2. The number of aliphatic hydroxyl groups is 2. The van der Waals surface area contributed by atoms with Crippen LogP contribution in [0.1, 0.15) is 39.0 Å². The smallest absolute Gasteiger partial charge is 0.313 e. The fourth-order valence-corrected chi connectivity index (χ4v) is 7.64. The Bertz CT molecular complexity index is 733. The molecule has 7 heteroatoms. The summed E-state index contributed by atoms with van der Waals surface area (Å²) in [7, 11) is 1.32. The fourth-order valence-electron chi connectivity index (χ4n) is 7.64. The highest BCUT2D eigenvalue weighted by atomic mass is 16.6. The van der Waals surface area contributed by atoms with E-state index in [2.05, 4.69) is 0 Å². The summed E-state index contributed by atoms with van der Waals surface area (Å²) in [4.78, 5) is 38.3. The van der Waals surface area contributed by atoms with Crippen molar-refractivity contribution in [2.24, 2.45) is 34.5 Å². The van der Waals surface area contributed by atoms with E-state index in [0.29, 0.717) is 19.3 Å². The third kappa shape index (κ3) is 1.50. The van der Waals surface area contributed by atoms with Gasteiger partial charge >= 0.3 is 11.9 Å². The first-order valence-corrected chi connectivity index (χ1v) is 9.42. The second-order valence-electron chi connectivity index (χ2n) is 9.26. The van der Waals surface area contributed by atoms with Gasteiger partial charge < -0.3 is 19.7 Å². The SMILES string of the molecule is COC(=O)[C@H]1[C@H]2[C@]3(OC(=O)[C@@]2(C)C[C@@H](O)[C@H]3O)[C@@H]2CC[C@H]3C[C@@]21CC3=O. The lowest BCUT2D eigenvalue weighted by atomic mass is 9.58. The molecule has 0 unspecified atom stereocenters. The van der Waals surface area contributed by atoms with Crippen molar-refractivity contribution >= 4 is 17.7 Å². The highest BCUT2D eigenvalue weighted by Crippen LogP contribution is 2.76. The molecule has 4 aliphatic carbocycles. The van der Waals surface area contributed by atoms with Gasteiger partial charge in [-0.15, -0.1) is 0 Å². The zero-order chi connectivity index (χ0) is 18.6. The largest absolute Gasteiger partial charge is 0.469 e. The van der Waals surface area contributed by atoms with Gasteiger partial charge in [0.2, 0.25) is 0 Å². The van der Waals surface area contributed by atoms with Crippen LogP contribution in [0.25, 0.3) is 0 Å². The first-order valence-electron chi connectivity index (χ1n) is 9.42. The second-order valence-corrected chi connectivity index (χ2v) is 9.26. The van der Waals surface area contributed by atoms with Crippen LogP contribution in [-0.4, -0.2) is 52.9 Å². The molecule has 26 heavy (non-hydrogen) atoms. The number of methoxy groups -OCH3 is 1. The molecule has 7 nitrogen and oxygen atoms in total. The Morgan fingerprint density at radius 1 is 1.23 bits per heavy atom. The molecule has 4 saturated carbocycles. The van der Waals surface area contributed by atoms with Crippen LogP contribution in [0.15, 0.2) is 0 Å². The van der Waals surface area contributed by atoms with Crippen LogP contribution in [0, 0.1) is 34.5 Å². The van der Waals surface area contributed by atoms with E-state index in [1.807, 2.05) is 0 Å². The van der Waals surface area contributed by atoms with Gasteiger partial charge in [-0.05, 0) is 38.0 Å². The molecule has 0 aromatic rings. The second kappa shape index (κ2) is 4.68. The summed E-state index contributed by atoms with van der Waals surface area (Å²) < 4.78 is 11.0. The number of hydrogen-bond acceptors (Lipinski definition) is 7. The van der Waals surface area contributed by atoms with E-state index >= 15 is 0 Å². The molecule has 4 bridgehead atoms. The maximum atomic E-state index is 12.9. The molecule has 5 aliphatic rings. The van der Waals surface area contributed by atoms with Gasteiger partial charge in [0.25, 0.3) is 0 Å². The summed E-state index contributed by atoms with van der Waals surface area (Å²) in [5.74, 6) is -2.40. The number of carbonyl (C=O) groups excluding carboxylic acids is 3. The van der Waals surface area contributed by atoms with Crippen molar-refractivity contribution in [2.45, 2.75) is 56.8 Å². The summed E-state index contributed by atoms with van der Waals surface area (Å²) in [6.07, 6.45) is -0.186. The Balaban J connectivity index is 1.77. The molecule has 0 radical (unpaired) electrons. The number of ketones is 1. The molecule has 9 atom stereocenters. The van der Waals surface area contributed by atoms with Gasteiger partial charge in [0.05, 0.1) is 24.5 Å². The van der Waals surface area contributed by atoms with Crippen LogP contribution in [0.3, 0.4) is 0 Å². The lowest BCUT2D eigenvalue weighted by molar-refractivity contribution is -0.192. The van der Waals surface area contributed by atoms with Gasteiger partial charge in [-0.2, -0.15) is 0 Å². The maximum absolute atomic E-state index is 12.9. The average molecular weight is 364 g/mol. The van der Waals surface area contributed by atoms with E-state index in [4.69, 9.17) is 9.47 Å². The standard InChI is InChI=1S/C19H24O7/c1-17-6-10(21)14(22)19(26-16(17)24)11-4-3-8-5-18(11,7-9(8)20)12(13(17)19)15(23)25-2/h8,10-14,21-22H,3-7H2,1-2H3/t8-,10+,11+,12+,13+,14+,17-,18+,19+/m0/s1. The minimum absolute atomic E-state index is 0.0487. The molecule has 0 aromatic carbocycles. The van der Waals surface area contributed by atoms with Crippen LogP contribution >= 0.6 is 0 Å². The zero-order valence-corrected chi connectivity index (χ0v) is 14.9. The van der Waals surface area contributed by atoms with Crippen molar-refractivity contribution in [2.75, 3.05) is 7.11 Å². The molecule has 1 heterocycles. The van der Waals surface area contributed by atoms with E-state index in [0.717, 1.165) is 0 Å². The molecule has 5 fully saturated rings. The third-order valence-electron chi connectivity index (χ3n) is 8.40. The highest BCUT2D eigenvalue weighted by molar-refractivity contribution is 5.90. The molecule has 0 amide bonds. The number of rotatable bonds is 1. The summed E-state index contributed by atoms with van der Waals surface area (Å²) in [6, 6.07) is 0. The van der Waals surface area contributed by atoms with Crippen molar-refractivity contribution < 1.29 is 34.1 Å². The monoisotopic (exact) mass is 364 g/mol. The van der Waals surface area contributed by atoms with Crippen LogP contribution in [-0.2, 0) is 23.9 Å². The molecule has 1 aliphatic heterocycles. The van der Waals surface area contributed by atoms with E-state index in [9.17, 15) is 24.6 Å². The predicted molar refractivity (Wildman–Crippen MR) is 85.4 cm³/mol. The predicted octanol–water partition coefficient (Wildman–Crippen LogP) is 0.208. The Morgan fingerprint density at radius 3 is 2.65 bits per heavy atom. The van der Waals surface area contributed by atoms with Gasteiger partial charge in [0.1, 0.15) is 17.5 Å². The van der Waals surface area contributed by atoms with Gasteiger partial charge in [-0.1, -0.05) is 0 Å². The van der Waals surface area contributed by atoms with Crippen molar-refractivity contribution in [1.29, 1.82) is 0 Å². The molecule has 0 aromatic heterocycles. The van der Waals surface area contributed by atoms with Crippen molar-refractivity contribution in [3.8, 4) is 0 Å². The first-order chi connectivity index (χ1) is 12.2. The first kappa shape index (κ1) is 16.7. The Morgan fingerprint density at radius 2 is 1.96 bits per heavy atom. The summed E-state index contributed by atoms with van der Waals surface area (Å²) in [5, 5.41) is 21.5. The topological polar surface area (TPSA) is 110 Å². The molecular formula is C19H24O7. The van der Waals surface area contributed by atoms with Gasteiger partial charge in [-0.25, -0.2) is 0 Å². The fraction of sp³-hybridized carbons (Fsp3) is 0.842. The Hall–Kier alpha value is -1.47. The Labute approximate surface area is 151 Å². The number of carbonyl (C=O) groups is 3. The highest BCUT2D eigenvalue weighted by Gasteiger charge is 2.85. The molecule has 1 spiro atoms. The normalized spacial score (nSPS) is 56.8. The molecule has 5 rings (SSSR count). The summed E-state index contributed by atoms with van der Waals surface area (Å²) in [5.41, 5.74) is -3.02. The van der Waals surface area contributed by atoms with Gasteiger partial charge in [-0.3, -0.25) is 14.4 Å². The number of hydrogen-bond donors (Lipinski definition) is 2. The van der Waals surface area contributed by atoms with Gasteiger partial charge in [0.15, 0.2) is 0 Å². The minimum atomic E-state index is -1.31. The van der Waals surface area contributed by atoms with E-state index in [1.54, 1.807) is 6.92 Å². The minimum Gasteiger partial charge on any atom is -0.469 e. The van der Waals surface area contributed by atoms with Crippen LogP contribution in [0.4, 0.5) is 0 Å². The number of esters is 2. The zero-order valence-electron chi connectivity index (χ0n) is 14.9. The molecule has 142 valence electrons. The van der Waals surface area contributed by atoms with Crippen LogP contribution in [0.5, 0.6) is 0 Å². The van der Waals surface area contributed by atoms with E-state index < -0.39 is 52.4 Å². The Kier molecular flexibility index (Phi) is 3.00. The number of ether oxygens (including phenoxy) is 2. The lowest BCUT2D eigenvalue weighted by Crippen LogP contribution is -2.61. The van der Waals surface area contributed by atoms with Crippen LogP contribution < -0.4 is 0 Å². The molecule has 1 saturated heterocycles. The van der Waals surface area contributed by atoms with Crippen molar-refractivity contribution in [3.05, 3.63) is 0 Å². The van der Waals surface area contributed by atoms with Gasteiger partial charge in [0, 0.05) is 24.2 Å². The van der Waals surface area contributed by atoms with E-state index in [1.165, 1.54) is 7.11 Å². The lowest BCUT2D eigenvalue weighted by Gasteiger charge is -2.47. The van der Waals surface area contributed by atoms with E-state index in [-0.39, 0.29) is 30.5 Å². The van der Waals surface area contributed by atoms with Crippen molar-refractivity contribution in [1.82, 2.24) is 0 Å².